The van der Waals surface area contributed by atoms with E-state index in [1.807, 2.05) is 67.6 Å². The van der Waals surface area contributed by atoms with Crippen LogP contribution in [-0.2, 0) is 9.59 Å². The second-order valence-electron chi connectivity index (χ2n) is 6.90. The predicted molar refractivity (Wildman–Crippen MR) is 120 cm³/mol. The number of carbonyl (C=O) groups excluding carboxylic acids is 2. The van der Waals surface area contributed by atoms with Crippen LogP contribution in [0.3, 0.4) is 0 Å². The van der Waals surface area contributed by atoms with E-state index < -0.39 is 0 Å². The van der Waals surface area contributed by atoms with Crippen LogP contribution >= 0.6 is 11.6 Å². The fourth-order valence-electron chi connectivity index (χ4n) is 3.03. The molecule has 154 valence electrons. The first-order valence-corrected chi connectivity index (χ1v) is 9.95. The fourth-order valence-corrected chi connectivity index (χ4v) is 3.26. The van der Waals surface area contributed by atoms with Gasteiger partial charge >= 0.3 is 0 Å². The van der Waals surface area contributed by atoms with Crippen molar-refractivity contribution < 1.29 is 14.3 Å². The molecule has 5 nitrogen and oxygen atoms in total. The third kappa shape index (κ3) is 5.84. The Morgan fingerprint density at radius 2 is 1.73 bits per heavy atom. The monoisotopic (exact) mass is 422 g/mol. The molecule has 0 bridgehead atoms. The maximum Gasteiger partial charge on any atom is 0.258 e. The summed E-state index contributed by atoms with van der Waals surface area (Å²) in [4.78, 5) is 23.5. The van der Waals surface area contributed by atoms with Crippen molar-refractivity contribution in [2.75, 3.05) is 11.9 Å². The molecule has 0 aliphatic rings. The largest absolute Gasteiger partial charge is 0.482 e. The average molecular weight is 423 g/mol. The van der Waals surface area contributed by atoms with Crippen molar-refractivity contribution in [3.63, 3.8) is 0 Å². The average Bonchev–Trinajstić information content (AvgIpc) is 2.73. The summed E-state index contributed by atoms with van der Waals surface area (Å²) >= 11 is 6.33. The molecule has 0 radical (unpaired) electrons. The number of hydrogen-bond acceptors (Lipinski definition) is 3. The zero-order valence-corrected chi connectivity index (χ0v) is 17.6. The van der Waals surface area contributed by atoms with Crippen LogP contribution in [0.1, 0.15) is 25.5 Å². The Morgan fingerprint density at radius 1 is 0.967 bits per heavy atom. The molecule has 1 atom stereocenters. The second-order valence-corrected chi connectivity index (χ2v) is 7.30. The van der Waals surface area contributed by atoms with Gasteiger partial charge in [-0.2, -0.15) is 0 Å². The number of hydrogen-bond donors (Lipinski definition) is 2. The lowest BCUT2D eigenvalue weighted by molar-refractivity contribution is -0.123. The summed E-state index contributed by atoms with van der Waals surface area (Å²) in [5, 5.41) is 6.06. The molecule has 0 saturated heterocycles. The number of rotatable bonds is 7. The predicted octanol–water partition coefficient (Wildman–Crippen LogP) is 5.22. The summed E-state index contributed by atoms with van der Waals surface area (Å²) in [5.41, 5.74) is 3.59. The van der Waals surface area contributed by atoms with Crippen LogP contribution in [0.25, 0.3) is 11.1 Å². The minimum Gasteiger partial charge on any atom is -0.482 e. The molecule has 2 N–H and O–H groups in total. The van der Waals surface area contributed by atoms with Crippen molar-refractivity contribution in [2.24, 2.45) is 0 Å². The molecule has 30 heavy (non-hydrogen) atoms. The summed E-state index contributed by atoms with van der Waals surface area (Å²) in [6.45, 7) is 3.17. The van der Waals surface area contributed by atoms with Crippen LogP contribution in [0.2, 0.25) is 5.02 Å². The molecule has 0 aliphatic carbocycles. The molecule has 3 aromatic carbocycles. The number of halogens is 1. The number of benzene rings is 3. The van der Waals surface area contributed by atoms with Gasteiger partial charge in [-0.05, 0) is 47.9 Å². The molecule has 0 fully saturated rings. The standard InChI is InChI=1S/C24H23ClN2O3/c1-16(19-9-6-10-21(13-19)27-17(2)28)26-24(29)15-30-23-12-11-20(14-22(23)25)18-7-4-3-5-8-18/h3-14,16H,15H2,1-2H3,(H,26,29)(H,27,28). The van der Waals surface area contributed by atoms with Gasteiger partial charge in [0, 0.05) is 12.6 Å². The van der Waals surface area contributed by atoms with Gasteiger partial charge in [0.1, 0.15) is 5.75 Å². The number of amides is 2. The SMILES string of the molecule is CC(=O)Nc1cccc(C(C)NC(=O)COc2ccc(-c3ccccc3)cc2Cl)c1. The molecule has 3 rings (SSSR count). The van der Waals surface area contributed by atoms with E-state index in [0.29, 0.717) is 16.5 Å². The van der Waals surface area contributed by atoms with E-state index >= 15 is 0 Å². The van der Waals surface area contributed by atoms with Crippen LogP contribution in [-0.4, -0.2) is 18.4 Å². The topological polar surface area (TPSA) is 67.4 Å². The highest BCUT2D eigenvalue weighted by Gasteiger charge is 2.12. The molecule has 2 amide bonds. The van der Waals surface area contributed by atoms with Gasteiger partial charge in [-0.15, -0.1) is 0 Å². The van der Waals surface area contributed by atoms with E-state index in [-0.39, 0.29) is 24.5 Å². The first-order chi connectivity index (χ1) is 14.4. The van der Waals surface area contributed by atoms with Crippen LogP contribution < -0.4 is 15.4 Å². The van der Waals surface area contributed by atoms with E-state index in [9.17, 15) is 9.59 Å². The number of carbonyl (C=O) groups is 2. The highest BCUT2D eigenvalue weighted by atomic mass is 35.5. The zero-order valence-electron chi connectivity index (χ0n) is 16.8. The zero-order chi connectivity index (χ0) is 21.5. The Balaban J connectivity index is 1.57. The Labute approximate surface area is 181 Å². The van der Waals surface area contributed by atoms with E-state index in [1.54, 1.807) is 12.1 Å². The highest BCUT2D eigenvalue weighted by Crippen LogP contribution is 2.30. The lowest BCUT2D eigenvalue weighted by atomic mass is 10.1. The maximum atomic E-state index is 12.3. The Morgan fingerprint density at radius 3 is 2.43 bits per heavy atom. The van der Waals surface area contributed by atoms with Crippen molar-refractivity contribution in [2.45, 2.75) is 19.9 Å². The van der Waals surface area contributed by atoms with E-state index in [1.165, 1.54) is 6.92 Å². The third-order valence-corrected chi connectivity index (χ3v) is 4.78. The lowest BCUT2D eigenvalue weighted by Crippen LogP contribution is -2.31. The van der Waals surface area contributed by atoms with Crippen molar-refractivity contribution in [1.29, 1.82) is 0 Å². The number of anilines is 1. The van der Waals surface area contributed by atoms with Crippen molar-refractivity contribution >= 4 is 29.1 Å². The maximum absolute atomic E-state index is 12.3. The van der Waals surface area contributed by atoms with Gasteiger partial charge in [0.15, 0.2) is 6.61 Å². The molecule has 1 unspecified atom stereocenters. The quantitative estimate of drug-likeness (QED) is 0.548. The van der Waals surface area contributed by atoms with Gasteiger partial charge in [0.2, 0.25) is 5.91 Å². The highest BCUT2D eigenvalue weighted by molar-refractivity contribution is 6.32. The minimum atomic E-state index is -0.268. The Kier molecular flexibility index (Phi) is 7.09. The summed E-state index contributed by atoms with van der Waals surface area (Å²) in [6.07, 6.45) is 0. The first-order valence-electron chi connectivity index (χ1n) is 9.57. The minimum absolute atomic E-state index is 0.146. The van der Waals surface area contributed by atoms with Gasteiger partial charge in [-0.1, -0.05) is 60.1 Å². The van der Waals surface area contributed by atoms with Gasteiger partial charge in [0.05, 0.1) is 11.1 Å². The molecule has 0 aromatic heterocycles. The van der Waals surface area contributed by atoms with Crippen molar-refractivity contribution in [3.8, 4) is 16.9 Å². The molecular formula is C24H23ClN2O3. The molecular weight excluding hydrogens is 400 g/mol. The van der Waals surface area contributed by atoms with E-state index in [2.05, 4.69) is 10.6 Å². The molecule has 0 heterocycles. The van der Waals surface area contributed by atoms with Crippen LogP contribution in [0, 0.1) is 0 Å². The molecule has 3 aromatic rings. The normalized spacial score (nSPS) is 11.4. The Hall–Kier alpha value is -3.31. The van der Waals surface area contributed by atoms with Gasteiger partial charge < -0.3 is 15.4 Å². The van der Waals surface area contributed by atoms with E-state index in [0.717, 1.165) is 16.7 Å². The molecule has 0 saturated carbocycles. The molecule has 0 spiro atoms. The Bertz CT molecular complexity index is 1040. The van der Waals surface area contributed by atoms with Crippen molar-refractivity contribution in [3.05, 3.63) is 83.4 Å². The van der Waals surface area contributed by atoms with Gasteiger partial charge in [-0.3, -0.25) is 9.59 Å². The van der Waals surface area contributed by atoms with E-state index in [4.69, 9.17) is 16.3 Å². The van der Waals surface area contributed by atoms with Crippen LogP contribution in [0.4, 0.5) is 5.69 Å². The molecule has 0 aliphatic heterocycles. The second kappa shape index (κ2) is 9.94. The fraction of sp³-hybridized carbons (Fsp3) is 0.167. The summed E-state index contributed by atoms with van der Waals surface area (Å²) < 4.78 is 5.60. The number of ether oxygens (including phenoxy) is 1. The molecule has 6 heteroatoms. The summed E-state index contributed by atoms with van der Waals surface area (Å²) in [7, 11) is 0. The van der Waals surface area contributed by atoms with Crippen LogP contribution in [0.15, 0.2) is 72.8 Å². The third-order valence-electron chi connectivity index (χ3n) is 4.48. The van der Waals surface area contributed by atoms with Gasteiger partial charge in [0.25, 0.3) is 5.91 Å². The number of nitrogens with one attached hydrogen (secondary N) is 2. The van der Waals surface area contributed by atoms with Crippen LogP contribution in [0.5, 0.6) is 5.75 Å². The smallest absolute Gasteiger partial charge is 0.258 e. The van der Waals surface area contributed by atoms with Crippen molar-refractivity contribution in [1.82, 2.24) is 5.32 Å². The lowest BCUT2D eigenvalue weighted by Gasteiger charge is -2.16. The first kappa shape index (κ1) is 21.4. The summed E-state index contributed by atoms with van der Waals surface area (Å²) in [5.74, 6) is 0.0369. The summed E-state index contributed by atoms with van der Waals surface area (Å²) in [6, 6.07) is 22.5. The van der Waals surface area contributed by atoms with Gasteiger partial charge in [-0.25, -0.2) is 0 Å².